The summed E-state index contributed by atoms with van der Waals surface area (Å²) in [6.07, 6.45) is -0.299. The van der Waals surface area contributed by atoms with Gasteiger partial charge in [-0.3, -0.25) is 14.9 Å². The lowest BCUT2D eigenvalue weighted by Gasteiger charge is -2.06. The molecular weight excluding hydrogens is 304 g/mol. The van der Waals surface area contributed by atoms with Gasteiger partial charge in [0.25, 0.3) is 5.69 Å². The first-order valence-electron chi connectivity index (χ1n) is 5.02. The quantitative estimate of drug-likeness (QED) is 0.483. The zero-order valence-corrected chi connectivity index (χ0v) is 11.1. The van der Waals surface area contributed by atoms with Crippen LogP contribution in [-0.2, 0) is 16.0 Å². The van der Waals surface area contributed by atoms with Gasteiger partial charge in [-0.15, -0.1) is 0 Å². The predicted molar refractivity (Wildman–Crippen MR) is 65.8 cm³/mol. The van der Waals surface area contributed by atoms with Gasteiger partial charge in [-0.1, -0.05) is 0 Å². The second-order valence-corrected chi connectivity index (χ2v) is 4.13. The molecule has 0 unspecified atom stereocenters. The number of benzene rings is 1. The van der Waals surface area contributed by atoms with Crippen LogP contribution in [0, 0.1) is 21.4 Å². The molecule has 0 heterocycles. The van der Waals surface area contributed by atoms with Crippen molar-refractivity contribution in [3.8, 4) is 6.07 Å². The number of ether oxygens (including phenoxy) is 1. The first-order valence-corrected chi connectivity index (χ1v) is 5.82. The Hall–Kier alpha value is -1.94. The van der Waals surface area contributed by atoms with Crippen LogP contribution in [0.1, 0.15) is 18.1 Å². The molecule has 94 valence electrons. The van der Waals surface area contributed by atoms with Crippen molar-refractivity contribution in [2.24, 2.45) is 0 Å². The third-order valence-electron chi connectivity index (χ3n) is 2.16. The fraction of sp³-hybridized carbons (Fsp3) is 0.273. The Morgan fingerprint density at radius 2 is 2.28 bits per heavy atom. The maximum Gasteiger partial charge on any atom is 0.310 e. The molecule has 6 nitrogen and oxygen atoms in total. The maximum atomic E-state index is 11.4. The number of halogens is 1. The smallest absolute Gasteiger partial charge is 0.310 e. The van der Waals surface area contributed by atoms with Gasteiger partial charge < -0.3 is 4.74 Å². The Bertz CT molecular complexity index is 537. The molecule has 0 aliphatic rings. The van der Waals surface area contributed by atoms with Gasteiger partial charge in [0, 0.05) is 0 Å². The van der Waals surface area contributed by atoms with E-state index in [4.69, 9.17) is 10.00 Å². The summed E-state index contributed by atoms with van der Waals surface area (Å²) in [6, 6.07) is 4.66. The van der Waals surface area contributed by atoms with E-state index in [0.717, 1.165) is 0 Å². The Balaban J connectivity index is 3.29. The standard InChI is InChI=1S/C11H9BrN2O4/c1-2-18-10(15)5-8-7(6-13)3-4-9(12)11(8)14(16)17/h3-4H,2,5H2,1H3. The average molecular weight is 313 g/mol. The zero-order valence-electron chi connectivity index (χ0n) is 9.47. The number of hydrogen-bond acceptors (Lipinski definition) is 5. The second-order valence-electron chi connectivity index (χ2n) is 3.27. The van der Waals surface area contributed by atoms with Crippen LogP contribution in [0.3, 0.4) is 0 Å². The summed E-state index contributed by atoms with van der Waals surface area (Å²) in [6.45, 7) is 1.82. The first-order chi connectivity index (χ1) is 8.51. The number of esters is 1. The summed E-state index contributed by atoms with van der Waals surface area (Å²) in [7, 11) is 0. The highest BCUT2D eigenvalue weighted by molar-refractivity contribution is 9.10. The van der Waals surface area contributed by atoms with Crippen molar-refractivity contribution in [2.45, 2.75) is 13.3 Å². The van der Waals surface area contributed by atoms with Crippen molar-refractivity contribution in [1.82, 2.24) is 0 Å². The minimum atomic E-state index is -0.626. The van der Waals surface area contributed by atoms with Crippen molar-refractivity contribution in [1.29, 1.82) is 5.26 Å². The van der Waals surface area contributed by atoms with Crippen LogP contribution < -0.4 is 0 Å². The fourth-order valence-electron chi connectivity index (χ4n) is 1.45. The Kier molecular flexibility index (Phi) is 4.80. The van der Waals surface area contributed by atoms with Crippen LogP contribution >= 0.6 is 15.9 Å². The molecule has 0 aromatic heterocycles. The molecule has 0 bridgehead atoms. The van der Waals surface area contributed by atoms with Crippen molar-refractivity contribution in [3.05, 3.63) is 37.8 Å². The Labute approximate surface area is 111 Å². The van der Waals surface area contributed by atoms with E-state index in [1.165, 1.54) is 12.1 Å². The van der Waals surface area contributed by atoms with Crippen LogP contribution in [0.15, 0.2) is 16.6 Å². The van der Waals surface area contributed by atoms with Crippen LogP contribution in [-0.4, -0.2) is 17.5 Å². The van der Waals surface area contributed by atoms with Gasteiger partial charge in [0.2, 0.25) is 0 Å². The van der Waals surface area contributed by atoms with Crippen molar-refractivity contribution < 1.29 is 14.5 Å². The fourth-order valence-corrected chi connectivity index (χ4v) is 1.96. The van der Waals surface area contributed by atoms with Gasteiger partial charge in [0.15, 0.2) is 0 Å². The lowest BCUT2D eigenvalue weighted by atomic mass is 10.0. The van der Waals surface area contributed by atoms with Crippen molar-refractivity contribution >= 4 is 27.6 Å². The second kappa shape index (κ2) is 6.12. The number of nitriles is 1. The summed E-state index contributed by atoms with van der Waals surface area (Å²) >= 11 is 3.04. The summed E-state index contributed by atoms with van der Waals surface area (Å²) in [5, 5.41) is 19.9. The van der Waals surface area contributed by atoms with E-state index in [0.29, 0.717) is 0 Å². The number of nitrogens with zero attached hydrogens (tertiary/aromatic N) is 2. The van der Waals surface area contributed by atoms with Gasteiger partial charge in [0.05, 0.1) is 39.6 Å². The maximum absolute atomic E-state index is 11.4. The van der Waals surface area contributed by atoms with E-state index in [1.54, 1.807) is 6.92 Å². The number of carbonyl (C=O) groups excluding carboxylic acids is 1. The molecule has 0 atom stereocenters. The van der Waals surface area contributed by atoms with E-state index >= 15 is 0 Å². The summed E-state index contributed by atoms with van der Waals surface area (Å²) in [4.78, 5) is 21.7. The summed E-state index contributed by atoms with van der Waals surface area (Å²) in [5.74, 6) is -0.602. The van der Waals surface area contributed by atoms with Gasteiger partial charge in [-0.05, 0) is 35.0 Å². The number of nitro benzene ring substituents is 1. The molecule has 0 amide bonds. The zero-order chi connectivity index (χ0) is 13.7. The molecule has 0 saturated carbocycles. The number of carbonyl (C=O) groups is 1. The molecule has 0 aliphatic heterocycles. The Morgan fingerprint density at radius 3 is 2.78 bits per heavy atom. The lowest BCUT2D eigenvalue weighted by molar-refractivity contribution is -0.386. The van der Waals surface area contributed by atoms with E-state index < -0.39 is 10.9 Å². The van der Waals surface area contributed by atoms with E-state index in [-0.39, 0.29) is 34.3 Å². The lowest BCUT2D eigenvalue weighted by Crippen LogP contribution is -2.11. The molecule has 0 spiro atoms. The topological polar surface area (TPSA) is 93.2 Å². The number of rotatable bonds is 4. The molecule has 1 rings (SSSR count). The highest BCUT2D eigenvalue weighted by Gasteiger charge is 2.24. The minimum absolute atomic E-state index is 0.0651. The van der Waals surface area contributed by atoms with Crippen LogP contribution in [0.5, 0.6) is 0 Å². The highest BCUT2D eigenvalue weighted by atomic mass is 79.9. The van der Waals surface area contributed by atoms with E-state index in [1.807, 2.05) is 6.07 Å². The molecule has 0 fully saturated rings. The van der Waals surface area contributed by atoms with Gasteiger partial charge in [0.1, 0.15) is 0 Å². The third kappa shape index (κ3) is 3.05. The molecule has 18 heavy (non-hydrogen) atoms. The number of nitro groups is 1. The van der Waals surface area contributed by atoms with E-state index in [9.17, 15) is 14.9 Å². The minimum Gasteiger partial charge on any atom is -0.466 e. The normalized spacial score (nSPS) is 9.61. The number of hydrogen-bond donors (Lipinski definition) is 0. The van der Waals surface area contributed by atoms with Crippen molar-refractivity contribution in [3.63, 3.8) is 0 Å². The first kappa shape index (κ1) is 14.1. The molecule has 0 aliphatic carbocycles. The van der Waals surface area contributed by atoms with Crippen molar-refractivity contribution in [2.75, 3.05) is 6.61 Å². The van der Waals surface area contributed by atoms with Crippen LogP contribution in [0.25, 0.3) is 0 Å². The monoisotopic (exact) mass is 312 g/mol. The van der Waals surface area contributed by atoms with Crippen LogP contribution in [0.2, 0.25) is 0 Å². The summed E-state index contributed by atoms with van der Waals surface area (Å²) < 4.78 is 4.96. The largest absolute Gasteiger partial charge is 0.466 e. The molecular formula is C11H9BrN2O4. The molecule has 0 saturated heterocycles. The van der Waals surface area contributed by atoms with E-state index in [2.05, 4.69) is 15.9 Å². The van der Waals surface area contributed by atoms with Gasteiger partial charge >= 0.3 is 5.97 Å². The summed E-state index contributed by atoms with van der Waals surface area (Å²) in [5.41, 5.74) is -0.115. The molecule has 1 aromatic rings. The third-order valence-corrected chi connectivity index (χ3v) is 2.80. The highest BCUT2D eigenvalue weighted by Crippen LogP contribution is 2.31. The predicted octanol–water partition coefficient (Wildman–Crippen LogP) is 2.33. The molecule has 0 N–H and O–H groups in total. The van der Waals surface area contributed by atoms with Crippen LogP contribution in [0.4, 0.5) is 5.69 Å². The molecule has 0 radical (unpaired) electrons. The molecule has 7 heteroatoms. The SMILES string of the molecule is CCOC(=O)Cc1c(C#N)ccc(Br)c1[N+](=O)[O-]. The Morgan fingerprint density at radius 1 is 1.61 bits per heavy atom. The van der Waals surface area contributed by atoms with Gasteiger partial charge in [-0.2, -0.15) is 5.26 Å². The molecule has 1 aromatic carbocycles. The van der Waals surface area contributed by atoms with Gasteiger partial charge in [-0.25, -0.2) is 0 Å². The average Bonchev–Trinajstić information content (AvgIpc) is 2.29.